The molecule has 0 bridgehead atoms. The minimum Gasteiger partial charge on any atom is -0.383 e. The first-order valence-corrected chi connectivity index (χ1v) is 5.01. The fourth-order valence-corrected chi connectivity index (χ4v) is 1.39. The first kappa shape index (κ1) is 12.2. The lowest BCUT2D eigenvalue weighted by molar-refractivity contribution is 0.144. The number of hydrogen-bond donors (Lipinski definition) is 0. The quantitative estimate of drug-likeness (QED) is 0.572. The van der Waals surface area contributed by atoms with Crippen molar-refractivity contribution < 1.29 is 4.74 Å². The van der Waals surface area contributed by atoms with E-state index in [-0.39, 0.29) is 0 Å². The van der Waals surface area contributed by atoms with E-state index in [1.807, 2.05) is 0 Å². The van der Waals surface area contributed by atoms with Crippen LogP contribution >= 0.6 is 11.6 Å². The van der Waals surface area contributed by atoms with Gasteiger partial charge in [0, 0.05) is 32.6 Å². The summed E-state index contributed by atoms with van der Waals surface area (Å²) in [6.45, 7) is 8.28. The highest BCUT2D eigenvalue weighted by Gasteiger charge is 2.05. The third-order valence-corrected chi connectivity index (χ3v) is 1.80. The predicted octanol–water partition coefficient (Wildman–Crippen LogP) is 1.83. The van der Waals surface area contributed by atoms with Gasteiger partial charge in [-0.15, -0.1) is 11.6 Å². The van der Waals surface area contributed by atoms with Crippen LogP contribution in [0.1, 0.15) is 13.8 Å². The molecule has 0 N–H and O–H groups in total. The van der Waals surface area contributed by atoms with Crippen LogP contribution in [-0.2, 0) is 4.74 Å². The maximum absolute atomic E-state index is 5.68. The lowest BCUT2D eigenvalue weighted by Gasteiger charge is -2.22. The summed E-state index contributed by atoms with van der Waals surface area (Å²) in [6.07, 6.45) is 0. The Hall–Kier alpha value is 0.210. The Morgan fingerprint density at radius 2 is 2.00 bits per heavy atom. The average Bonchev–Trinajstić information content (AvgIpc) is 2.00. The fourth-order valence-electron chi connectivity index (χ4n) is 1.15. The third kappa shape index (κ3) is 6.89. The van der Waals surface area contributed by atoms with Gasteiger partial charge >= 0.3 is 0 Å². The predicted molar refractivity (Wildman–Crippen MR) is 53.9 cm³/mol. The van der Waals surface area contributed by atoms with E-state index in [1.54, 1.807) is 7.11 Å². The van der Waals surface area contributed by atoms with Gasteiger partial charge in [0.25, 0.3) is 0 Å². The molecule has 0 saturated heterocycles. The van der Waals surface area contributed by atoms with Crippen LogP contribution in [0, 0.1) is 5.92 Å². The molecule has 0 saturated carbocycles. The Balaban J connectivity index is 3.54. The van der Waals surface area contributed by atoms with Gasteiger partial charge in [-0.3, -0.25) is 4.90 Å². The highest BCUT2D eigenvalue weighted by Crippen LogP contribution is 1.98. The Kier molecular flexibility index (Phi) is 7.98. The topological polar surface area (TPSA) is 12.5 Å². The maximum atomic E-state index is 5.68. The summed E-state index contributed by atoms with van der Waals surface area (Å²) in [5, 5.41) is 0. The molecule has 0 aliphatic rings. The SMILES string of the molecule is COCCN(CCCl)CC(C)C. The molecule has 0 rings (SSSR count). The van der Waals surface area contributed by atoms with Crippen LogP contribution in [0.25, 0.3) is 0 Å². The summed E-state index contributed by atoms with van der Waals surface area (Å²) in [4.78, 5) is 2.33. The Bertz CT molecular complexity index is 98.5. The number of nitrogens with zero attached hydrogens (tertiary/aromatic N) is 1. The molecule has 0 fully saturated rings. The molecular formula is C9H20ClNO. The monoisotopic (exact) mass is 193 g/mol. The standard InChI is InChI=1S/C9H20ClNO/c1-9(2)8-11(5-4-10)6-7-12-3/h9H,4-8H2,1-3H3. The van der Waals surface area contributed by atoms with E-state index in [0.717, 1.165) is 26.2 Å². The van der Waals surface area contributed by atoms with Crippen molar-refractivity contribution in [1.82, 2.24) is 4.90 Å². The van der Waals surface area contributed by atoms with Crippen molar-refractivity contribution in [3.63, 3.8) is 0 Å². The zero-order valence-electron chi connectivity index (χ0n) is 8.35. The summed E-state index contributed by atoms with van der Waals surface area (Å²) in [6, 6.07) is 0. The van der Waals surface area contributed by atoms with Crippen molar-refractivity contribution in [1.29, 1.82) is 0 Å². The first-order chi connectivity index (χ1) is 5.70. The first-order valence-electron chi connectivity index (χ1n) is 4.48. The zero-order valence-corrected chi connectivity index (χ0v) is 9.10. The van der Waals surface area contributed by atoms with Crippen LogP contribution in [0.15, 0.2) is 0 Å². The van der Waals surface area contributed by atoms with E-state index in [2.05, 4.69) is 18.7 Å². The highest BCUT2D eigenvalue weighted by molar-refractivity contribution is 6.18. The van der Waals surface area contributed by atoms with Gasteiger partial charge in [-0.2, -0.15) is 0 Å². The van der Waals surface area contributed by atoms with Crippen LogP contribution in [-0.4, -0.2) is 44.1 Å². The summed E-state index contributed by atoms with van der Waals surface area (Å²) < 4.78 is 5.02. The van der Waals surface area contributed by atoms with Crippen LogP contribution in [0.4, 0.5) is 0 Å². The van der Waals surface area contributed by atoms with Crippen molar-refractivity contribution >= 4 is 11.6 Å². The average molecular weight is 194 g/mol. The number of hydrogen-bond acceptors (Lipinski definition) is 2. The Labute approximate surface area is 80.8 Å². The second kappa shape index (κ2) is 7.84. The molecule has 0 atom stereocenters. The third-order valence-electron chi connectivity index (χ3n) is 1.64. The molecule has 0 heterocycles. The Morgan fingerprint density at radius 3 is 2.42 bits per heavy atom. The summed E-state index contributed by atoms with van der Waals surface area (Å²) in [7, 11) is 1.73. The normalized spacial score (nSPS) is 11.5. The van der Waals surface area contributed by atoms with Gasteiger partial charge in [0.1, 0.15) is 0 Å². The number of methoxy groups -OCH3 is 1. The van der Waals surface area contributed by atoms with Gasteiger partial charge in [0.15, 0.2) is 0 Å². The minimum atomic E-state index is 0.699. The molecule has 0 aromatic carbocycles. The number of ether oxygens (including phenoxy) is 1. The molecule has 0 aromatic heterocycles. The van der Waals surface area contributed by atoms with Crippen molar-refractivity contribution in [2.24, 2.45) is 5.92 Å². The van der Waals surface area contributed by atoms with Crippen LogP contribution in [0.5, 0.6) is 0 Å². The van der Waals surface area contributed by atoms with Gasteiger partial charge in [-0.05, 0) is 5.92 Å². The van der Waals surface area contributed by atoms with Crippen molar-refractivity contribution in [2.45, 2.75) is 13.8 Å². The van der Waals surface area contributed by atoms with Gasteiger partial charge in [0.2, 0.25) is 0 Å². The molecule has 0 spiro atoms. The molecule has 0 unspecified atom stereocenters. The molecule has 0 aromatic rings. The smallest absolute Gasteiger partial charge is 0.0589 e. The van der Waals surface area contributed by atoms with Gasteiger partial charge in [0.05, 0.1) is 6.61 Å². The van der Waals surface area contributed by atoms with Crippen molar-refractivity contribution in [2.75, 3.05) is 39.2 Å². The van der Waals surface area contributed by atoms with Gasteiger partial charge in [-0.25, -0.2) is 0 Å². The summed E-state index contributed by atoms with van der Waals surface area (Å²) in [5.41, 5.74) is 0. The molecule has 0 amide bonds. The highest BCUT2D eigenvalue weighted by atomic mass is 35.5. The molecule has 2 nitrogen and oxygen atoms in total. The molecule has 74 valence electrons. The van der Waals surface area contributed by atoms with E-state index in [0.29, 0.717) is 11.8 Å². The number of halogens is 1. The number of rotatable bonds is 7. The van der Waals surface area contributed by atoms with E-state index in [1.165, 1.54) is 0 Å². The van der Waals surface area contributed by atoms with E-state index >= 15 is 0 Å². The lowest BCUT2D eigenvalue weighted by atomic mass is 10.2. The number of alkyl halides is 1. The fraction of sp³-hybridized carbons (Fsp3) is 1.00. The van der Waals surface area contributed by atoms with E-state index < -0.39 is 0 Å². The van der Waals surface area contributed by atoms with Gasteiger partial charge < -0.3 is 4.74 Å². The maximum Gasteiger partial charge on any atom is 0.0589 e. The molecular weight excluding hydrogens is 174 g/mol. The van der Waals surface area contributed by atoms with Crippen molar-refractivity contribution in [3.8, 4) is 0 Å². The van der Waals surface area contributed by atoms with Gasteiger partial charge in [-0.1, -0.05) is 13.8 Å². The largest absolute Gasteiger partial charge is 0.383 e. The van der Waals surface area contributed by atoms with Crippen molar-refractivity contribution in [3.05, 3.63) is 0 Å². The van der Waals surface area contributed by atoms with E-state index in [9.17, 15) is 0 Å². The summed E-state index contributed by atoms with van der Waals surface area (Å²) in [5.74, 6) is 1.40. The molecule has 3 heteroatoms. The minimum absolute atomic E-state index is 0.699. The Morgan fingerprint density at radius 1 is 1.33 bits per heavy atom. The van der Waals surface area contributed by atoms with Crippen LogP contribution < -0.4 is 0 Å². The molecule has 0 aliphatic heterocycles. The summed E-state index contributed by atoms with van der Waals surface area (Å²) >= 11 is 5.68. The molecule has 0 radical (unpaired) electrons. The van der Waals surface area contributed by atoms with Crippen LogP contribution in [0.2, 0.25) is 0 Å². The molecule has 0 aliphatic carbocycles. The molecule has 12 heavy (non-hydrogen) atoms. The zero-order chi connectivity index (χ0) is 9.40. The second-order valence-corrected chi connectivity index (χ2v) is 3.75. The lowest BCUT2D eigenvalue weighted by Crippen LogP contribution is -2.32. The van der Waals surface area contributed by atoms with E-state index in [4.69, 9.17) is 16.3 Å². The second-order valence-electron chi connectivity index (χ2n) is 3.38. The van der Waals surface area contributed by atoms with Crippen LogP contribution in [0.3, 0.4) is 0 Å².